The Kier molecular flexibility index (Phi) is 7.36. The van der Waals surface area contributed by atoms with Gasteiger partial charge in [-0.25, -0.2) is 4.79 Å². The van der Waals surface area contributed by atoms with Crippen molar-refractivity contribution in [3.63, 3.8) is 0 Å². The van der Waals surface area contributed by atoms with E-state index >= 15 is 0 Å². The van der Waals surface area contributed by atoms with Crippen LogP contribution in [-0.4, -0.2) is 12.6 Å². The first-order valence-corrected chi connectivity index (χ1v) is 5.00. The third-order valence-electron chi connectivity index (χ3n) is 1.69. The second-order valence-corrected chi connectivity index (χ2v) is 3.48. The largest absolute Gasteiger partial charge is 0.463 e. The maximum absolute atomic E-state index is 10.8. The Bertz CT molecular complexity index is 159. The number of hydrogen-bond acceptors (Lipinski definition) is 2. The molecule has 2 nitrogen and oxygen atoms in total. The quantitative estimate of drug-likeness (QED) is 0.360. The summed E-state index contributed by atoms with van der Waals surface area (Å²) in [5.41, 5.74) is 0. The van der Waals surface area contributed by atoms with Gasteiger partial charge in [0.25, 0.3) is 0 Å². The molecule has 76 valence electrons. The monoisotopic (exact) mass is 184 g/mol. The highest BCUT2D eigenvalue weighted by Crippen LogP contribution is 2.06. The van der Waals surface area contributed by atoms with Crippen LogP contribution in [0.2, 0.25) is 0 Å². The third kappa shape index (κ3) is 9.12. The number of carbonyl (C=O) groups excluding carboxylic acids is 1. The summed E-state index contributed by atoms with van der Waals surface area (Å²) in [6.45, 7) is 6.67. The van der Waals surface area contributed by atoms with Gasteiger partial charge in [0.1, 0.15) is 0 Å². The molecule has 0 N–H and O–H groups in total. The number of rotatable bonds is 6. The normalized spacial score (nSPS) is 11.1. The summed E-state index contributed by atoms with van der Waals surface area (Å²) in [7, 11) is 0. The van der Waals surface area contributed by atoms with Crippen molar-refractivity contribution in [1.29, 1.82) is 0 Å². The summed E-state index contributed by atoms with van der Waals surface area (Å²) in [5.74, 6) is 0.517. The van der Waals surface area contributed by atoms with Crippen LogP contribution in [0.25, 0.3) is 0 Å². The molecule has 0 spiro atoms. The van der Waals surface area contributed by atoms with Crippen molar-refractivity contribution in [3.8, 4) is 0 Å². The highest BCUT2D eigenvalue weighted by molar-refractivity contribution is 5.81. The van der Waals surface area contributed by atoms with Gasteiger partial charge in [-0.1, -0.05) is 26.3 Å². The van der Waals surface area contributed by atoms with Crippen LogP contribution < -0.4 is 0 Å². The molecule has 0 amide bonds. The molecule has 0 fully saturated rings. The van der Waals surface area contributed by atoms with E-state index in [1.165, 1.54) is 12.5 Å². The van der Waals surface area contributed by atoms with Crippen molar-refractivity contribution in [2.75, 3.05) is 6.61 Å². The number of allylic oxidation sites excluding steroid dienone is 1. The minimum absolute atomic E-state index is 0.230. The highest BCUT2D eigenvalue weighted by Gasteiger charge is 1.94. The van der Waals surface area contributed by atoms with Gasteiger partial charge in [0, 0.05) is 6.08 Å². The fraction of sp³-hybridized carbons (Fsp3) is 0.727. The van der Waals surface area contributed by atoms with Crippen LogP contribution in [0.4, 0.5) is 0 Å². The van der Waals surface area contributed by atoms with Crippen LogP contribution in [0, 0.1) is 5.92 Å². The molecule has 2 heteroatoms. The van der Waals surface area contributed by atoms with Crippen LogP contribution in [-0.2, 0) is 9.53 Å². The topological polar surface area (TPSA) is 26.3 Å². The zero-order valence-electron chi connectivity index (χ0n) is 8.88. The molecule has 0 aromatic heterocycles. The molecule has 0 aliphatic heterocycles. The van der Waals surface area contributed by atoms with Gasteiger partial charge in [-0.2, -0.15) is 0 Å². The van der Waals surface area contributed by atoms with Crippen LogP contribution in [0.3, 0.4) is 0 Å². The Hall–Kier alpha value is -0.790. The van der Waals surface area contributed by atoms with E-state index in [2.05, 4.69) is 13.8 Å². The predicted octanol–water partition coefficient (Wildman–Crippen LogP) is 2.93. The maximum Gasteiger partial charge on any atom is 0.330 e. The molecule has 0 saturated heterocycles. The highest BCUT2D eigenvalue weighted by atomic mass is 16.5. The predicted molar refractivity (Wildman–Crippen MR) is 54.5 cm³/mol. The fourth-order valence-corrected chi connectivity index (χ4v) is 1.01. The minimum Gasteiger partial charge on any atom is -0.463 e. The Labute approximate surface area is 81.0 Å². The van der Waals surface area contributed by atoms with E-state index in [4.69, 9.17) is 4.74 Å². The van der Waals surface area contributed by atoms with Crippen molar-refractivity contribution in [2.45, 2.75) is 40.0 Å². The Morgan fingerprint density at radius 2 is 2.15 bits per heavy atom. The average molecular weight is 184 g/mol. The van der Waals surface area contributed by atoms with E-state index in [0.717, 1.165) is 18.8 Å². The lowest BCUT2D eigenvalue weighted by Crippen LogP contribution is -1.98. The smallest absolute Gasteiger partial charge is 0.330 e. The molecule has 0 aliphatic carbocycles. The van der Waals surface area contributed by atoms with Crippen LogP contribution in [0.1, 0.15) is 40.0 Å². The van der Waals surface area contributed by atoms with Crippen molar-refractivity contribution < 1.29 is 9.53 Å². The van der Waals surface area contributed by atoms with Gasteiger partial charge in [0.2, 0.25) is 0 Å². The van der Waals surface area contributed by atoms with Gasteiger partial charge in [-0.05, 0) is 25.7 Å². The van der Waals surface area contributed by atoms with Gasteiger partial charge in [-0.3, -0.25) is 0 Å². The van der Waals surface area contributed by atoms with Gasteiger partial charge in [0.05, 0.1) is 6.61 Å². The molecule has 0 aliphatic rings. The van der Waals surface area contributed by atoms with Crippen molar-refractivity contribution >= 4 is 5.97 Å². The summed E-state index contributed by atoms with van der Waals surface area (Å²) in [5, 5.41) is 0. The molecular formula is C11H20O2. The van der Waals surface area contributed by atoms with Crippen LogP contribution >= 0.6 is 0 Å². The lowest BCUT2D eigenvalue weighted by Gasteiger charge is -2.00. The van der Waals surface area contributed by atoms with E-state index in [9.17, 15) is 4.79 Å². The lowest BCUT2D eigenvalue weighted by atomic mass is 10.1. The second kappa shape index (κ2) is 7.84. The summed E-state index contributed by atoms with van der Waals surface area (Å²) < 4.78 is 4.74. The van der Waals surface area contributed by atoms with Crippen LogP contribution in [0.15, 0.2) is 12.2 Å². The molecule has 0 unspecified atom stereocenters. The number of unbranched alkanes of at least 4 members (excludes halogenated alkanes) is 1. The molecule has 0 aromatic rings. The van der Waals surface area contributed by atoms with E-state index < -0.39 is 0 Å². The van der Waals surface area contributed by atoms with Gasteiger partial charge in [0.15, 0.2) is 0 Å². The maximum atomic E-state index is 10.8. The van der Waals surface area contributed by atoms with Crippen molar-refractivity contribution in [2.24, 2.45) is 5.92 Å². The number of ether oxygens (including phenoxy) is 1. The summed E-state index contributed by atoms with van der Waals surface area (Å²) in [6, 6.07) is 0. The summed E-state index contributed by atoms with van der Waals surface area (Å²) in [4.78, 5) is 10.8. The van der Waals surface area contributed by atoms with E-state index in [1.54, 1.807) is 0 Å². The Balaban J connectivity index is 3.35. The molecule has 0 aromatic carbocycles. The van der Waals surface area contributed by atoms with E-state index in [1.807, 2.05) is 13.0 Å². The standard InChI is InChI=1S/C11H20O2/c1-4-13-11(12)9-7-5-6-8-10(2)3/h7,9-10H,4-6,8H2,1-3H3/b9-7+. The number of hydrogen-bond donors (Lipinski definition) is 0. The van der Waals surface area contributed by atoms with Gasteiger partial charge in [-0.15, -0.1) is 0 Å². The zero-order valence-corrected chi connectivity index (χ0v) is 8.88. The van der Waals surface area contributed by atoms with E-state index in [0.29, 0.717) is 6.61 Å². The molecule has 0 radical (unpaired) electrons. The molecular weight excluding hydrogens is 164 g/mol. The lowest BCUT2D eigenvalue weighted by molar-refractivity contribution is -0.137. The molecule has 0 rings (SSSR count). The molecule has 0 heterocycles. The molecule has 0 saturated carbocycles. The fourth-order valence-electron chi connectivity index (χ4n) is 1.01. The first-order chi connectivity index (χ1) is 6.16. The third-order valence-corrected chi connectivity index (χ3v) is 1.69. The van der Waals surface area contributed by atoms with Gasteiger partial charge >= 0.3 is 5.97 Å². The van der Waals surface area contributed by atoms with Crippen molar-refractivity contribution in [3.05, 3.63) is 12.2 Å². The summed E-state index contributed by atoms with van der Waals surface area (Å²) in [6.07, 6.45) is 6.74. The average Bonchev–Trinajstić information content (AvgIpc) is 2.03. The molecule has 0 atom stereocenters. The van der Waals surface area contributed by atoms with E-state index in [-0.39, 0.29) is 5.97 Å². The van der Waals surface area contributed by atoms with Crippen molar-refractivity contribution in [1.82, 2.24) is 0 Å². The zero-order chi connectivity index (χ0) is 10.1. The SMILES string of the molecule is CCOC(=O)/C=C/CCCC(C)C. The molecule has 13 heavy (non-hydrogen) atoms. The number of esters is 1. The Morgan fingerprint density at radius 3 is 2.69 bits per heavy atom. The second-order valence-electron chi connectivity index (χ2n) is 3.48. The van der Waals surface area contributed by atoms with Crippen LogP contribution in [0.5, 0.6) is 0 Å². The first kappa shape index (κ1) is 12.2. The first-order valence-electron chi connectivity index (χ1n) is 5.00. The Morgan fingerprint density at radius 1 is 1.46 bits per heavy atom. The minimum atomic E-state index is -0.230. The molecule has 0 bridgehead atoms. The van der Waals surface area contributed by atoms with Gasteiger partial charge < -0.3 is 4.74 Å². The summed E-state index contributed by atoms with van der Waals surface area (Å²) >= 11 is 0. The number of carbonyl (C=O) groups is 1.